The van der Waals surface area contributed by atoms with Crippen molar-refractivity contribution in [1.29, 1.82) is 0 Å². The average Bonchev–Trinajstić information content (AvgIpc) is 2.95. The molecule has 0 unspecified atom stereocenters. The van der Waals surface area contributed by atoms with E-state index in [2.05, 4.69) is 46.5 Å². The summed E-state index contributed by atoms with van der Waals surface area (Å²) < 4.78 is 0. The van der Waals surface area contributed by atoms with Crippen molar-refractivity contribution in [3.8, 4) is 10.6 Å². The third-order valence-corrected chi connectivity index (χ3v) is 4.38. The Hall–Kier alpha value is -1.78. The number of para-hydroxylation sites is 1. The van der Waals surface area contributed by atoms with Gasteiger partial charge in [0, 0.05) is 34.3 Å². The molecule has 0 saturated carbocycles. The van der Waals surface area contributed by atoms with Gasteiger partial charge < -0.3 is 5.32 Å². The van der Waals surface area contributed by atoms with Crippen molar-refractivity contribution in [1.82, 2.24) is 15.3 Å². The number of nitrogens with zero attached hydrogens (tertiary/aromatic N) is 2. The standard InChI is InChI=1S/C17H19N3S/c1-3-8-18-10-13-11-19-17(21-13)15-9-12(2)20-16-7-5-4-6-14(15)16/h4-7,9,11,18H,3,8,10H2,1-2H3. The molecule has 0 saturated heterocycles. The van der Waals surface area contributed by atoms with E-state index < -0.39 is 0 Å². The van der Waals surface area contributed by atoms with E-state index in [4.69, 9.17) is 0 Å². The molecule has 0 atom stereocenters. The first-order valence-electron chi connectivity index (χ1n) is 7.30. The molecule has 3 aromatic rings. The molecule has 1 N–H and O–H groups in total. The van der Waals surface area contributed by atoms with Crippen LogP contribution in [0.15, 0.2) is 36.5 Å². The lowest BCUT2D eigenvalue weighted by molar-refractivity contribution is 0.681. The predicted octanol–water partition coefficient (Wildman–Crippen LogP) is 4.17. The second-order valence-corrected chi connectivity index (χ2v) is 6.25. The highest BCUT2D eigenvalue weighted by atomic mass is 32.1. The molecule has 0 fully saturated rings. The van der Waals surface area contributed by atoms with E-state index in [1.165, 1.54) is 15.8 Å². The molecule has 0 aliphatic rings. The number of pyridine rings is 1. The van der Waals surface area contributed by atoms with Gasteiger partial charge in [-0.3, -0.25) is 4.98 Å². The lowest BCUT2D eigenvalue weighted by Gasteiger charge is -2.05. The van der Waals surface area contributed by atoms with Gasteiger partial charge in [-0.05, 0) is 32.0 Å². The van der Waals surface area contributed by atoms with E-state index in [0.29, 0.717) is 0 Å². The van der Waals surface area contributed by atoms with Crippen LogP contribution in [-0.2, 0) is 6.54 Å². The van der Waals surface area contributed by atoms with Crippen LogP contribution in [0.3, 0.4) is 0 Å². The summed E-state index contributed by atoms with van der Waals surface area (Å²) in [7, 11) is 0. The van der Waals surface area contributed by atoms with Gasteiger partial charge in [-0.25, -0.2) is 4.98 Å². The zero-order chi connectivity index (χ0) is 14.7. The third-order valence-electron chi connectivity index (χ3n) is 3.35. The topological polar surface area (TPSA) is 37.8 Å². The molecular weight excluding hydrogens is 278 g/mol. The second-order valence-electron chi connectivity index (χ2n) is 5.14. The van der Waals surface area contributed by atoms with Crippen molar-refractivity contribution in [3.63, 3.8) is 0 Å². The number of rotatable bonds is 5. The molecule has 3 nitrogen and oxygen atoms in total. The minimum atomic E-state index is 0.896. The fourth-order valence-corrected chi connectivity index (χ4v) is 3.30. The molecule has 0 amide bonds. The molecular formula is C17H19N3S. The fraction of sp³-hybridized carbons (Fsp3) is 0.294. The van der Waals surface area contributed by atoms with Gasteiger partial charge >= 0.3 is 0 Å². The van der Waals surface area contributed by atoms with E-state index in [-0.39, 0.29) is 0 Å². The highest BCUT2D eigenvalue weighted by Gasteiger charge is 2.10. The number of aromatic nitrogens is 2. The summed E-state index contributed by atoms with van der Waals surface area (Å²) in [5.41, 5.74) is 3.25. The molecule has 0 aliphatic carbocycles. The Morgan fingerprint density at radius 1 is 1.24 bits per heavy atom. The first-order chi connectivity index (χ1) is 10.3. The maximum atomic E-state index is 4.61. The monoisotopic (exact) mass is 297 g/mol. The third kappa shape index (κ3) is 3.12. The van der Waals surface area contributed by atoms with Gasteiger partial charge in [-0.1, -0.05) is 25.1 Å². The number of benzene rings is 1. The summed E-state index contributed by atoms with van der Waals surface area (Å²) in [6.07, 6.45) is 3.13. The van der Waals surface area contributed by atoms with E-state index in [0.717, 1.165) is 35.7 Å². The van der Waals surface area contributed by atoms with Crippen LogP contribution < -0.4 is 5.32 Å². The summed E-state index contributed by atoms with van der Waals surface area (Å²) in [5, 5.41) is 5.67. The maximum absolute atomic E-state index is 4.61. The largest absolute Gasteiger partial charge is 0.312 e. The summed E-state index contributed by atoms with van der Waals surface area (Å²) in [4.78, 5) is 10.5. The smallest absolute Gasteiger partial charge is 0.124 e. The Kier molecular flexibility index (Phi) is 4.27. The van der Waals surface area contributed by atoms with Crippen molar-refractivity contribution < 1.29 is 0 Å². The van der Waals surface area contributed by atoms with Crippen LogP contribution in [0.2, 0.25) is 0 Å². The average molecular weight is 297 g/mol. The van der Waals surface area contributed by atoms with Crippen LogP contribution in [0.1, 0.15) is 23.9 Å². The highest BCUT2D eigenvalue weighted by molar-refractivity contribution is 7.15. The summed E-state index contributed by atoms with van der Waals surface area (Å²) >= 11 is 1.76. The number of thiazole rings is 1. The van der Waals surface area contributed by atoms with E-state index in [1.54, 1.807) is 11.3 Å². The Morgan fingerprint density at radius 2 is 2.10 bits per heavy atom. The van der Waals surface area contributed by atoms with Crippen molar-refractivity contribution >= 4 is 22.2 Å². The van der Waals surface area contributed by atoms with E-state index >= 15 is 0 Å². The molecule has 2 heterocycles. The lowest BCUT2D eigenvalue weighted by Crippen LogP contribution is -2.12. The summed E-state index contributed by atoms with van der Waals surface area (Å²) in [6.45, 7) is 6.16. The van der Waals surface area contributed by atoms with E-state index in [1.807, 2.05) is 19.2 Å². The van der Waals surface area contributed by atoms with Gasteiger partial charge in [0.25, 0.3) is 0 Å². The zero-order valence-corrected chi connectivity index (χ0v) is 13.2. The molecule has 0 spiro atoms. The van der Waals surface area contributed by atoms with Gasteiger partial charge in [0.15, 0.2) is 0 Å². The van der Waals surface area contributed by atoms with Crippen LogP contribution in [0.25, 0.3) is 21.5 Å². The van der Waals surface area contributed by atoms with Crippen molar-refractivity contribution in [2.24, 2.45) is 0 Å². The Morgan fingerprint density at radius 3 is 2.95 bits per heavy atom. The van der Waals surface area contributed by atoms with Crippen LogP contribution in [-0.4, -0.2) is 16.5 Å². The van der Waals surface area contributed by atoms with Crippen molar-refractivity contribution in [3.05, 3.63) is 47.1 Å². The number of aryl methyl sites for hydroxylation is 1. The SMILES string of the molecule is CCCNCc1cnc(-c2cc(C)nc3ccccc23)s1. The maximum Gasteiger partial charge on any atom is 0.124 e. The van der Waals surface area contributed by atoms with Crippen molar-refractivity contribution in [2.75, 3.05) is 6.54 Å². The highest BCUT2D eigenvalue weighted by Crippen LogP contribution is 2.31. The molecule has 3 rings (SSSR count). The molecule has 1 aromatic carbocycles. The number of hydrogen-bond donors (Lipinski definition) is 1. The molecule has 4 heteroatoms. The Balaban J connectivity index is 1.97. The normalized spacial score (nSPS) is 11.1. The van der Waals surface area contributed by atoms with Gasteiger partial charge in [-0.15, -0.1) is 11.3 Å². The fourth-order valence-electron chi connectivity index (χ4n) is 2.39. The van der Waals surface area contributed by atoms with Crippen LogP contribution >= 0.6 is 11.3 Å². The molecule has 0 radical (unpaired) electrons. The minimum absolute atomic E-state index is 0.896. The van der Waals surface area contributed by atoms with Crippen molar-refractivity contribution in [2.45, 2.75) is 26.8 Å². The van der Waals surface area contributed by atoms with Crippen LogP contribution in [0, 0.1) is 6.92 Å². The predicted molar refractivity (Wildman–Crippen MR) is 89.6 cm³/mol. The molecule has 21 heavy (non-hydrogen) atoms. The van der Waals surface area contributed by atoms with Gasteiger partial charge in [0.2, 0.25) is 0 Å². The molecule has 0 bridgehead atoms. The first kappa shape index (κ1) is 14.2. The molecule has 2 aromatic heterocycles. The van der Waals surface area contributed by atoms with Gasteiger partial charge in [-0.2, -0.15) is 0 Å². The van der Waals surface area contributed by atoms with Crippen LogP contribution in [0.4, 0.5) is 0 Å². The first-order valence-corrected chi connectivity index (χ1v) is 8.11. The molecule has 0 aliphatic heterocycles. The number of fused-ring (bicyclic) bond motifs is 1. The van der Waals surface area contributed by atoms with Gasteiger partial charge in [0.05, 0.1) is 5.52 Å². The summed E-state index contributed by atoms with van der Waals surface area (Å²) in [6, 6.07) is 10.4. The Bertz CT molecular complexity index is 749. The molecule has 108 valence electrons. The number of nitrogens with one attached hydrogen (secondary N) is 1. The van der Waals surface area contributed by atoms with E-state index in [9.17, 15) is 0 Å². The summed E-state index contributed by atoms with van der Waals surface area (Å²) in [5.74, 6) is 0. The van der Waals surface area contributed by atoms with Gasteiger partial charge in [0.1, 0.15) is 5.01 Å². The minimum Gasteiger partial charge on any atom is -0.312 e. The zero-order valence-electron chi connectivity index (χ0n) is 12.4. The quantitative estimate of drug-likeness (QED) is 0.718. The van der Waals surface area contributed by atoms with Crippen LogP contribution in [0.5, 0.6) is 0 Å². The number of hydrogen-bond acceptors (Lipinski definition) is 4. The second kappa shape index (κ2) is 6.33. The lowest BCUT2D eigenvalue weighted by atomic mass is 10.1. The Labute approximate surface area is 129 Å².